The summed E-state index contributed by atoms with van der Waals surface area (Å²) >= 11 is 0. The quantitative estimate of drug-likeness (QED) is 0.688. The van der Waals surface area contributed by atoms with E-state index in [0.29, 0.717) is 19.5 Å². The molecule has 7 heteroatoms. The van der Waals surface area contributed by atoms with Crippen LogP contribution in [0.1, 0.15) is 25.6 Å². The predicted octanol–water partition coefficient (Wildman–Crippen LogP) is 1.05. The molecule has 0 spiro atoms. The van der Waals surface area contributed by atoms with Crippen molar-refractivity contribution < 1.29 is 14.7 Å². The van der Waals surface area contributed by atoms with E-state index in [2.05, 4.69) is 15.3 Å². The summed E-state index contributed by atoms with van der Waals surface area (Å²) in [5.41, 5.74) is 0. The molecule has 1 aromatic rings. The molecule has 0 saturated heterocycles. The van der Waals surface area contributed by atoms with Crippen LogP contribution in [0.15, 0.2) is 12.4 Å². The van der Waals surface area contributed by atoms with Gasteiger partial charge in [-0.3, -0.25) is 4.79 Å². The van der Waals surface area contributed by atoms with E-state index < -0.39 is 5.97 Å². The molecular formula is C12H20N4O3. The third-order valence-electron chi connectivity index (χ3n) is 2.74. The predicted molar refractivity (Wildman–Crippen MR) is 69.5 cm³/mol. The van der Waals surface area contributed by atoms with Gasteiger partial charge in [-0.1, -0.05) is 6.92 Å². The zero-order chi connectivity index (χ0) is 14.3. The van der Waals surface area contributed by atoms with Gasteiger partial charge in [0.15, 0.2) is 0 Å². The Bertz CT molecular complexity index is 405. The van der Waals surface area contributed by atoms with Gasteiger partial charge in [0.2, 0.25) is 0 Å². The molecule has 0 bridgehead atoms. The minimum Gasteiger partial charge on any atom is -0.481 e. The van der Waals surface area contributed by atoms with Crippen molar-refractivity contribution in [3.05, 3.63) is 18.2 Å². The van der Waals surface area contributed by atoms with E-state index in [1.165, 1.54) is 4.90 Å². The van der Waals surface area contributed by atoms with Crippen molar-refractivity contribution >= 4 is 12.0 Å². The smallest absolute Gasteiger partial charge is 0.317 e. The first-order valence-corrected chi connectivity index (χ1v) is 6.18. The number of H-pyrrole nitrogens is 1. The molecule has 1 atom stereocenters. The van der Waals surface area contributed by atoms with Crippen molar-refractivity contribution in [2.45, 2.75) is 26.3 Å². The van der Waals surface area contributed by atoms with Crippen molar-refractivity contribution in [1.29, 1.82) is 0 Å². The molecule has 0 aliphatic heterocycles. The maximum Gasteiger partial charge on any atom is 0.317 e. The molecule has 19 heavy (non-hydrogen) atoms. The summed E-state index contributed by atoms with van der Waals surface area (Å²) in [4.78, 5) is 30.7. The molecule has 0 saturated carbocycles. The number of urea groups is 1. The second kappa shape index (κ2) is 7.40. The number of imidazole rings is 1. The number of nitrogens with one attached hydrogen (secondary N) is 2. The van der Waals surface area contributed by atoms with Gasteiger partial charge in [0.25, 0.3) is 0 Å². The fourth-order valence-corrected chi connectivity index (χ4v) is 1.55. The van der Waals surface area contributed by atoms with Gasteiger partial charge in [0, 0.05) is 32.4 Å². The van der Waals surface area contributed by atoms with E-state index in [1.54, 1.807) is 19.4 Å². The fraction of sp³-hybridized carbons (Fsp3) is 0.583. The van der Waals surface area contributed by atoms with Crippen LogP contribution in [0.4, 0.5) is 4.79 Å². The molecule has 1 rings (SSSR count). The number of aromatic nitrogens is 2. The highest BCUT2D eigenvalue weighted by Crippen LogP contribution is 2.04. The van der Waals surface area contributed by atoms with E-state index >= 15 is 0 Å². The van der Waals surface area contributed by atoms with E-state index in [9.17, 15) is 9.59 Å². The van der Waals surface area contributed by atoms with Gasteiger partial charge >= 0.3 is 12.0 Å². The number of aliphatic carboxylic acids is 1. The Morgan fingerprint density at radius 3 is 2.89 bits per heavy atom. The number of rotatable bonds is 7. The van der Waals surface area contributed by atoms with Crippen molar-refractivity contribution in [2.75, 3.05) is 13.6 Å². The van der Waals surface area contributed by atoms with Crippen LogP contribution in [0, 0.1) is 5.92 Å². The highest BCUT2D eigenvalue weighted by Gasteiger charge is 2.12. The van der Waals surface area contributed by atoms with Crippen LogP contribution in [-0.4, -0.2) is 45.6 Å². The van der Waals surface area contributed by atoms with Crippen molar-refractivity contribution in [3.63, 3.8) is 0 Å². The molecular weight excluding hydrogens is 248 g/mol. The maximum atomic E-state index is 11.8. The molecule has 1 heterocycles. The molecule has 0 radical (unpaired) electrons. The highest BCUT2D eigenvalue weighted by atomic mass is 16.4. The monoisotopic (exact) mass is 268 g/mol. The molecule has 1 aromatic heterocycles. The summed E-state index contributed by atoms with van der Waals surface area (Å²) < 4.78 is 0. The molecule has 0 aliphatic rings. The maximum absolute atomic E-state index is 11.8. The average Bonchev–Trinajstić information content (AvgIpc) is 2.86. The van der Waals surface area contributed by atoms with Crippen LogP contribution >= 0.6 is 0 Å². The number of aromatic amines is 1. The van der Waals surface area contributed by atoms with Crippen LogP contribution < -0.4 is 5.32 Å². The number of hydrogen-bond acceptors (Lipinski definition) is 3. The molecule has 1 unspecified atom stereocenters. The van der Waals surface area contributed by atoms with Crippen LogP contribution in [0.5, 0.6) is 0 Å². The Balaban J connectivity index is 2.24. The lowest BCUT2D eigenvalue weighted by Crippen LogP contribution is -2.39. The molecule has 0 fully saturated rings. The second-order valence-corrected chi connectivity index (χ2v) is 4.62. The van der Waals surface area contributed by atoms with Gasteiger partial charge in [-0.05, 0) is 12.3 Å². The van der Waals surface area contributed by atoms with Crippen molar-refractivity contribution in [2.24, 2.45) is 5.92 Å². The fourth-order valence-electron chi connectivity index (χ4n) is 1.55. The Morgan fingerprint density at radius 2 is 2.32 bits per heavy atom. The van der Waals surface area contributed by atoms with Crippen LogP contribution in [0.25, 0.3) is 0 Å². The summed E-state index contributed by atoms with van der Waals surface area (Å²) in [5, 5.41) is 11.3. The SMILES string of the molecule is CC(CCC(=O)O)CNC(=O)N(C)Cc1ncc[nH]1. The van der Waals surface area contributed by atoms with E-state index in [0.717, 1.165) is 5.82 Å². The number of nitrogens with zero attached hydrogens (tertiary/aromatic N) is 2. The first kappa shape index (κ1) is 15.0. The Kier molecular flexibility index (Phi) is 5.84. The third kappa shape index (κ3) is 5.89. The molecule has 0 aliphatic carbocycles. The summed E-state index contributed by atoms with van der Waals surface area (Å²) in [6, 6.07) is -0.196. The number of amides is 2. The lowest BCUT2D eigenvalue weighted by atomic mass is 10.1. The van der Waals surface area contributed by atoms with Gasteiger partial charge in [-0.2, -0.15) is 0 Å². The van der Waals surface area contributed by atoms with Gasteiger partial charge in [0.1, 0.15) is 5.82 Å². The first-order chi connectivity index (χ1) is 8.99. The second-order valence-electron chi connectivity index (χ2n) is 4.62. The minimum atomic E-state index is -0.812. The van der Waals surface area contributed by atoms with E-state index in [4.69, 9.17) is 5.11 Å². The molecule has 2 amide bonds. The highest BCUT2D eigenvalue weighted by molar-refractivity contribution is 5.73. The largest absolute Gasteiger partial charge is 0.481 e. The van der Waals surface area contributed by atoms with Gasteiger partial charge in [-0.25, -0.2) is 9.78 Å². The lowest BCUT2D eigenvalue weighted by Gasteiger charge is -2.18. The van der Waals surface area contributed by atoms with Gasteiger partial charge < -0.3 is 20.3 Å². The lowest BCUT2D eigenvalue weighted by molar-refractivity contribution is -0.137. The molecule has 3 N–H and O–H groups in total. The zero-order valence-electron chi connectivity index (χ0n) is 11.2. The first-order valence-electron chi connectivity index (χ1n) is 6.18. The van der Waals surface area contributed by atoms with Crippen molar-refractivity contribution in [1.82, 2.24) is 20.2 Å². The number of carboxylic acids is 1. The van der Waals surface area contributed by atoms with Gasteiger partial charge in [-0.15, -0.1) is 0 Å². The Morgan fingerprint density at radius 1 is 1.58 bits per heavy atom. The van der Waals surface area contributed by atoms with Crippen LogP contribution in [0.2, 0.25) is 0 Å². The molecule has 0 aromatic carbocycles. The summed E-state index contributed by atoms with van der Waals surface area (Å²) in [6.07, 6.45) is 4.01. The zero-order valence-corrected chi connectivity index (χ0v) is 11.2. The summed E-state index contributed by atoms with van der Waals surface area (Å²) in [5.74, 6) is 0.0433. The average molecular weight is 268 g/mol. The topological polar surface area (TPSA) is 98.3 Å². The summed E-state index contributed by atoms with van der Waals surface area (Å²) in [6.45, 7) is 2.78. The van der Waals surface area contributed by atoms with Gasteiger partial charge in [0.05, 0.1) is 6.54 Å². The minimum absolute atomic E-state index is 0.124. The van der Waals surface area contributed by atoms with Crippen LogP contribution in [-0.2, 0) is 11.3 Å². The Labute approximate surface area is 112 Å². The summed E-state index contributed by atoms with van der Waals surface area (Å²) in [7, 11) is 1.68. The number of carbonyl (C=O) groups is 2. The number of carboxylic acid groups (broad SMARTS) is 1. The normalized spacial score (nSPS) is 11.9. The van der Waals surface area contributed by atoms with Crippen molar-refractivity contribution in [3.8, 4) is 0 Å². The number of carbonyl (C=O) groups excluding carboxylic acids is 1. The molecule has 106 valence electrons. The van der Waals surface area contributed by atoms with E-state index in [1.807, 2.05) is 6.92 Å². The third-order valence-corrected chi connectivity index (χ3v) is 2.74. The van der Waals surface area contributed by atoms with E-state index in [-0.39, 0.29) is 18.4 Å². The number of hydrogen-bond donors (Lipinski definition) is 3. The van der Waals surface area contributed by atoms with Crippen LogP contribution in [0.3, 0.4) is 0 Å². The Hall–Kier alpha value is -2.05. The standard InChI is InChI=1S/C12H20N4O3/c1-9(3-4-11(17)18)7-15-12(19)16(2)8-10-13-5-6-14-10/h5-6,9H,3-4,7-8H2,1-2H3,(H,13,14)(H,15,19)(H,17,18). The molecule has 7 nitrogen and oxygen atoms in total.